The van der Waals surface area contributed by atoms with E-state index in [1.165, 1.54) is 6.42 Å². The SMILES string of the molecule is COCCCCCCO.O=C(NCCCCO)C(F)(F)F.OP(Oc1ccccc1)Oc1ccccc1. The number of aliphatic hydroxyl groups excluding tert-OH is 2. The van der Waals surface area contributed by atoms with Crippen LogP contribution in [0.2, 0.25) is 0 Å². The number of aliphatic hydroxyl groups is 2. The highest BCUT2D eigenvalue weighted by atomic mass is 31.2. The summed E-state index contributed by atoms with van der Waals surface area (Å²) in [4.78, 5) is 19.7. The van der Waals surface area contributed by atoms with Crippen LogP contribution in [0, 0.1) is 0 Å². The number of carbonyl (C=O) groups is 1. The molecule has 0 saturated carbocycles. The maximum atomic E-state index is 11.5. The van der Waals surface area contributed by atoms with Crippen molar-refractivity contribution in [1.82, 2.24) is 5.32 Å². The quantitative estimate of drug-likeness (QED) is 0.193. The van der Waals surface area contributed by atoms with Gasteiger partial charge in [0.2, 0.25) is 0 Å². The van der Waals surface area contributed by atoms with Gasteiger partial charge in [-0.05, 0) is 49.9 Å². The Morgan fingerprint density at radius 1 is 0.811 bits per heavy atom. The first kappa shape index (κ1) is 34.6. The molecule has 0 radical (unpaired) electrons. The Balaban J connectivity index is 0.000000553. The van der Waals surface area contributed by atoms with Crippen LogP contribution in [-0.4, -0.2) is 60.7 Å². The van der Waals surface area contributed by atoms with Crippen molar-refractivity contribution in [3.05, 3.63) is 60.7 Å². The Bertz CT molecular complexity index is 739. The summed E-state index contributed by atoms with van der Waals surface area (Å²) in [5.74, 6) is -0.750. The molecule has 0 aliphatic heterocycles. The van der Waals surface area contributed by atoms with Crippen molar-refractivity contribution >= 4 is 14.5 Å². The zero-order valence-electron chi connectivity index (χ0n) is 20.9. The number of benzene rings is 2. The molecule has 2 aromatic rings. The van der Waals surface area contributed by atoms with Gasteiger partial charge in [-0.15, -0.1) is 0 Å². The smallest absolute Gasteiger partial charge is 0.418 e. The average molecular weight is 552 g/mol. The van der Waals surface area contributed by atoms with Crippen molar-refractivity contribution in [2.75, 3.05) is 33.5 Å². The molecule has 0 aromatic heterocycles. The second-order valence-corrected chi connectivity index (χ2v) is 8.20. The molecular formula is C25H37F3NO7P. The normalized spacial score (nSPS) is 10.5. The van der Waals surface area contributed by atoms with Gasteiger partial charge in [0.05, 0.1) is 0 Å². The van der Waals surface area contributed by atoms with Crippen LogP contribution in [0.3, 0.4) is 0 Å². The number of hydrogen-bond acceptors (Lipinski definition) is 7. The topological polar surface area (TPSA) is 117 Å². The van der Waals surface area contributed by atoms with Crippen molar-refractivity contribution in [1.29, 1.82) is 0 Å². The maximum Gasteiger partial charge on any atom is 0.471 e. The molecule has 0 spiro atoms. The summed E-state index contributed by atoms with van der Waals surface area (Å²) in [5.41, 5.74) is 0. The summed E-state index contributed by atoms with van der Waals surface area (Å²) >= 11 is 0. The van der Waals surface area contributed by atoms with Crippen molar-refractivity contribution in [3.8, 4) is 11.5 Å². The number of para-hydroxylation sites is 2. The Morgan fingerprint density at radius 2 is 1.27 bits per heavy atom. The molecule has 8 nitrogen and oxygen atoms in total. The second kappa shape index (κ2) is 22.7. The molecule has 0 aliphatic rings. The fraction of sp³-hybridized carbons (Fsp3) is 0.480. The number of nitrogens with one attached hydrogen (secondary N) is 1. The van der Waals surface area contributed by atoms with Gasteiger partial charge in [-0.1, -0.05) is 49.2 Å². The minimum Gasteiger partial charge on any atom is -0.418 e. The summed E-state index contributed by atoms with van der Waals surface area (Å²) in [5, 5.41) is 18.3. The molecule has 37 heavy (non-hydrogen) atoms. The van der Waals surface area contributed by atoms with Crippen LogP contribution >= 0.6 is 8.60 Å². The van der Waals surface area contributed by atoms with Crippen LogP contribution in [0.1, 0.15) is 38.5 Å². The van der Waals surface area contributed by atoms with Gasteiger partial charge in [0.25, 0.3) is 0 Å². The summed E-state index contributed by atoms with van der Waals surface area (Å²) in [7, 11) is -0.219. The number of amides is 1. The summed E-state index contributed by atoms with van der Waals surface area (Å²) in [6.07, 6.45) is 0.282. The van der Waals surface area contributed by atoms with Crippen LogP contribution in [0.4, 0.5) is 13.2 Å². The van der Waals surface area contributed by atoms with Gasteiger partial charge in [-0.25, -0.2) is 0 Å². The Hall–Kier alpha value is -2.43. The van der Waals surface area contributed by atoms with E-state index in [9.17, 15) is 22.9 Å². The third-order valence-corrected chi connectivity index (χ3v) is 4.97. The Kier molecular flexibility index (Phi) is 21.2. The van der Waals surface area contributed by atoms with E-state index in [0.717, 1.165) is 25.9 Å². The molecule has 0 bridgehead atoms. The van der Waals surface area contributed by atoms with Crippen molar-refractivity contribution in [2.45, 2.75) is 44.7 Å². The molecule has 1 amide bonds. The number of rotatable bonds is 14. The molecule has 0 atom stereocenters. The first-order valence-corrected chi connectivity index (χ1v) is 12.9. The summed E-state index contributed by atoms with van der Waals surface area (Å²) in [6.45, 7) is 1.04. The largest absolute Gasteiger partial charge is 0.471 e. The number of hydrogen-bond donors (Lipinski definition) is 4. The second-order valence-electron chi connectivity index (χ2n) is 7.36. The van der Waals surface area contributed by atoms with Crippen LogP contribution in [0.5, 0.6) is 11.5 Å². The van der Waals surface area contributed by atoms with E-state index in [1.54, 1.807) is 36.7 Å². The van der Waals surface area contributed by atoms with E-state index in [4.69, 9.17) is 24.0 Å². The van der Waals surface area contributed by atoms with Gasteiger partial charge in [-0.2, -0.15) is 13.2 Å². The zero-order valence-corrected chi connectivity index (χ0v) is 21.8. The third kappa shape index (κ3) is 21.4. The van der Waals surface area contributed by atoms with Gasteiger partial charge in [0.1, 0.15) is 11.5 Å². The molecule has 210 valence electrons. The van der Waals surface area contributed by atoms with Crippen molar-refractivity contribution in [3.63, 3.8) is 0 Å². The molecule has 2 aromatic carbocycles. The number of alkyl halides is 3. The maximum absolute atomic E-state index is 11.5. The standard InChI is InChI=1S/C12H11O3P.C7H16O2.C6H10F3NO2/c13-16(14-11-7-3-1-4-8-11)15-12-9-5-2-6-10-12;1-9-7-5-3-2-4-6-8;7-6(8,9)5(12)10-3-1-2-4-11/h1-10,13H;8H,2-7H2,1H3;11H,1-4H2,(H,10,12). The van der Waals surface area contributed by atoms with Gasteiger partial charge in [0.15, 0.2) is 0 Å². The highest BCUT2D eigenvalue weighted by Crippen LogP contribution is 2.35. The van der Waals surface area contributed by atoms with Gasteiger partial charge in [0, 0.05) is 33.5 Å². The first-order chi connectivity index (χ1) is 17.7. The number of ether oxygens (including phenoxy) is 1. The van der Waals surface area contributed by atoms with E-state index in [0.29, 0.717) is 30.9 Å². The Labute approximate surface area is 217 Å². The fourth-order valence-electron chi connectivity index (χ4n) is 2.41. The lowest BCUT2D eigenvalue weighted by molar-refractivity contribution is -0.173. The minimum atomic E-state index is -4.81. The highest BCUT2D eigenvalue weighted by molar-refractivity contribution is 7.41. The van der Waals surface area contributed by atoms with Crippen LogP contribution in [0.25, 0.3) is 0 Å². The lowest BCUT2D eigenvalue weighted by Gasteiger charge is -2.11. The third-order valence-electron chi connectivity index (χ3n) is 4.24. The number of halogens is 3. The van der Waals surface area contributed by atoms with Gasteiger partial charge < -0.3 is 34.2 Å². The van der Waals surface area contributed by atoms with Crippen molar-refractivity contribution < 1.29 is 46.9 Å². The molecular weight excluding hydrogens is 514 g/mol. The van der Waals surface area contributed by atoms with E-state index in [2.05, 4.69) is 0 Å². The predicted molar refractivity (Wildman–Crippen MR) is 136 cm³/mol. The molecule has 12 heteroatoms. The highest BCUT2D eigenvalue weighted by Gasteiger charge is 2.38. The number of carbonyl (C=O) groups excluding carboxylic acids is 1. The molecule has 0 saturated heterocycles. The van der Waals surface area contributed by atoms with Crippen molar-refractivity contribution in [2.24, 2.45) is 0 Å². The first-order valence-electron chi connectivity index (χ1n) is 11.7. The lowest BCUT2D eigenvalue weighted by Crippen LogP contribution is -2.37. The van der Waals surface area contributed by atoms with Gasteiger partial charge in [-0.3, -0.25) is 4.79 Å². The Morgan fingerprint density at radius 3 is 1.70 bits per heavy atom. The molecule has 0 heterocycles. The van der Waals surface area contributed by atoms with Gasteiger partial charge >= 0.3 is 20.7 Å². The summed E-state index contributed by atoms with van der Waals surface area (Å²) < 4.78 is 49.8. The molecule has 2 rings (SSSR count). The fourth-order valence-corrected chi connectivity index (χ4v) is 3.05. The van der Waals surface area contributed by atoms with Crippen LogP contribution in [-0.2, 0) is 9.53 Å². The monoisotopic (exact) mass is 551 g/mol. The van der Waals surface area contributed by atoms with E-state index in [-0.39, 0.29) is 13.2 Å². The van der Waals surface area contributed by atoms with Crippen LogP contribution in [0.15, 0.2) is 60.7 Å². The molecule has 0 fully saturated rings. The lowest BCUT2D eigenvalue weighted by atomic mass is 10.2. The van der Waals surface area contributed by atoms with Crippen LogP contribution < -0.4 is 14.4 Å². The van der Waals surface area contributed by atoms with E-state index in [1.807, 2.05) is 36.4 Å². The average Bonchev–Trinajstić information content (AvgIpc) is 2.88. The zero-order chi connectivity index (χ0) is 27.8. The predicted octanol–water partition coefficient (Wildman–Crippen LogP) is 4.99. The molecule has 0 unspecified atom stereocenters. The minimum absolute atomic E-state index is 0.0566. The summed E-state index contributed by atoms with van der Waals surface area (Å²) in [6, 6.07) is 18.2. The molecule has 4 N–H and O–H groups in total. The molecule has 0 aliphatic carbocycles. The van der Waals surface area contributed by atoms with E-state index >= 15 is 0 Å². The van der Waals surface area contributed by atoms with E-state index < -0.39 is 20.7 Å². The number of unbranched alkanes of at least 4 members (excludes halogenated alkanes) is 4. The number of methoxy groups -OCH3 is 1.